The summed E-state index contributed by atoms with van der Waals surface area (Å²) >= 11 is 0. The normalized spacial score (nSPS) is 12.3. The van der Waals surface area contributed by atoms with Crippen LogP contribution in [0.2, 0.25) is 0 Å². The van der Waals surface area contributed by atoms with E-state index in [9.17, 15) is 4.79 Å². The van der Waals surface area contributed by atoms with Gasteiger partial charge in [0.25, 0.3) is 5.91 Å². The molecule has 0 aromatic heterocycles. The van der Waals surface area contributed by atoms with Gasteiger partial charge < -0.3 is 10.1 Å². The van der Waals surface area contributed by atoms with Crippen LogP contribution in [-0.4, -0.2) is 18.6 Å². The Hall–Kier alpha value is -1.51. The molecule has 3 nitrogen and oxygen atoms in total. The second kappa shape index (κ2) is 7.17. The Kier molecular flexibility index (Phi) is 5.87. The average molecular weight is 263 g/mol. The molecule has 0 saturated carbocycles. The van der Waals surface area contributed by atoms with Gasteiger partial charge in [0.05, 0.1) is 0 Å². The highest BCUT2D eigenvalue weighted by Crippen LogP contribution is 2.27. The summed E-state index contributed by atoms with van der Waals surface area (Å²) < 4.78 is 5.67. The number of hydrogen-bond donors (Lipinski definition) is 1. The van der Waals surface area contributed by atoms with Gasteiger partial charge in [-0.2, -0.15) is 0 Å². The first-order valence-electron chi connectivity index (χ1n) is 6.96. The molecule has 1 N–H and O–H groups in total. The zero-order chi connectivity index (χ0) is 14.4. The summed E-state index contributed by atoms with van der Waals surface area (Å²) in [5, 5.41) is 2.90. The van der Waals surface area contributed by atoms with Crippen LogP contribution in [0.1, 0.15) is 51.2 Å². The lowest BCUT2D eigenvalue weighted by atomic mass is 10.0. The maximum absolute atomic E-state index is 11.7. The second-order valence-corrected chi connectivity index (χ2v) is 5.36. The Balaban J connectivity index is 2.66. The molecule has 0 aliphatic rings. The number of nitrogens with one attached hydrogen (secondary N) is 1. The number of rotatable bonds is 6. The smallest absolute Gasteiger partial charge is 0.258 e. The minimum atomic E-state index is -0.0643. The van der Waals surface area contributed by atoms with Gasteiger partial charge in [0.1, 0.15) is 5.75 Å². The third-order valence-corrected chi connectivity index (χ3v) is 3.17. The summed E-state index contributed by atoms with van der Waals surface area (Å²) in [6.45, 7) is 10.4. The molecule has 1 amide bonds. The SMILES string of the molecule is CC[C@H](C)NC(=O)COc1cc(C)ccc1C(C)C. The van der Waals surface area contributed by atoms with Crippen molar-refractivity contribution in [2.75, 3.05) is 6.61 Å². The van der Waals surface area contributed by atoms with Gasteiger partial charge in [0.15, 0.2) is 6.61 Å². The van der Waals surface area contributed by atoms with Crippen molar-refractivity contribution in [3.63, 3.8) is 0 Å². The number of aryl methyl sites for hydroxylation is 1. The predicted octanol–water partition coefficient (Wildman–Crippen LogP) is 3.41. The van der Waals surface area contributed by atoms with Crippen molar-refractivity contribution in [1.82, 2.24) is 5.32 Å². The van der Waals surface area contributed by atoms with E-state index >= 15 is 0 Å². The Labute approximate surface area is 116 Å². The minimum absolute atomic E-state index is 0.0643. The first kappa shape index (κ1) is 15.5. The number of amides is 1. The zero-order valence-electron chi connectivity index (χ0n) is 12.6. The van der Waals surface area contributed by atoms with E-state index < -0.39 is 0 Å². The topological polar surface area (TPSA) is 38.3 Å². The second-order valence-electron chi connectivity index (χ2n) is 5.36. The number of carbonyl (C=O) groups excluding carboxylic acids is 1. The Bertz CT molecular complexity index is 427. The summed E-state index contributed by atoms with van der Waals surface area (Å²) in [6.07, 6.45) is 0.924. The summed E-state index contributed by atoms with van der Waals surface area (Å²) in [5.41, 5.74) is 2.28. The molecular weight excluding hydrogens is 238 g/mol. The van der Waals surface area contributed by atoms with E-state index in [4.69, 9.17) is 4.74 Å². The Morgan fingerprint density at radius 2 is 2.00 bits per heavy atom. The molecule has 0 fully saturated rings. The van der Waals surface area contributed by atoms with Gasteiger partial charge in [-0.1, -0.05) is 32.9 Å². The fourth-order valence-corrected chi connectivity index (χ4v) is 1.81. The van der Waals surface area contributed by atoms with Crippen LogP contribution in [0.15, 0.2) is 18.2 Å². The number of ether oxygens (including phenoxy) is 1. The van der Waals surface area contributed by atoms with E-state index in [1.807, 2.05) is 26.8 Å². The van der Waals surface area contributed by atoms with Crippen molar-refractivity contribution < 1.29 is 9.53 Å². The van der Waals surface area contributed by atoms with Crippen LogP contribution in [0.25, 0.3) is 0 Å². The van der Waals surface area contributed by atoms with Crippen molar-refractivity contribution >= 4 is 5.91 Å². The Morgan fingerprint density at radius 1 is 1.32 bits per heavy atom. The molecule has 1 aromatic carbocycles. The summed E-state index contributed by atoms with van der Waals surface area (Å²) in [6, 6.07) is 6.33. The summed E-state index contributed by atoms with van der Waals surface area (Å²) in [4.78, 5) is 11.7. The van der Waals surface area contributed by atoms with E-state index in [1.165, 1.54) is 0 Å². The minimum Gasteiger partial charge on any atom is -0.483 e. The summed E-state index contributed by atoms with van der Waals surface area (Å²) in [5.74, 6) is 1.13. The molecule has 0 bridgehead atoms. The van der Waals surface area contributed by atoms with Crippen LogP contribution in [0, 0.1) is 6.92 Å². The monoisotopic (exact) mass is 263 g/mol. The van der Waals surface area contributed by atoms with Crippen molar-refractivity contribution in [2.24, 2.45) is 0 Å². The van der Waals surface area contributed by atoms with E-state index in [2.05, 4.69) is 31.3 Å². The molecule has 1 atom stereocenters. The maximum Gasteiger partial charge on any atom is 0.258 e. The van der Waals surface area contributed by atoms with Gasteiger partial charge in [-0.15, -0.1) is 0 Å². The quantitative estimate of drug-likeness (QED) is 0.854. The van der Waals surface area contributed by atoms with Crippen LogP contribution in [0.4, 0.5) is 0 Å². The van der Waals surface area contributed by atoms with Crippen LogP contribution < -0.4 is 10.1 Å². The van der Waals surface area contributed by atoms with Gasteiger partial charge >= 0.3 is 0 Å². The number of hydrogen-bond acceptors (Lipinski definition) is 2. The number of benzene rings is 1. The van der Waals surface area contributed by atoms with Crippen LogP contribution in [-0.2, 0) is 4.79 Å². The molecule has 19 heavy (non-hydrogen) atoms. The van der Waals surface area contributed by atoms with Crippen molar-refractivity contribution in [2.45, 2.75) is 53.0 Å². The average Bonchev–Trinajstić information content (AvgIpc) is 2.35. The predicted molar refractivity (Wildman–Crippen MR) is 78.7 cm³/mol. The highest BCUT2D eigenvalue weighted by atomic mass is 16.5. The molecule has 0 unspecified atom stereocenters. The maximum atomic E-state index is 11.7. The number of carbonyl (C=O) groups is 1. The van der Waals surface area contributed by atoms with Crippen molar-refractivity contribution in [1.29, 1.82) is 0 Å². The first-order valence-corrected chi connectivity index (χ1v) is 6.96. The molecule has 0 heterocycles. The molecule has 3 heteroatoms. The molecule has 0 radical (unpaired) electrons. The van der Waals surface area contributed by atoms with Gasteiger partial charge in [-0.25, -0.2) is 0 Å². The molecule has 106 valence electrons. The standard InChI is InChI=1S/C16H25NO2/c1-6-13(5)17-16(18)10-19-15-9-12(4)7-8-14(15)11(2)3/h7-9,11,13H,6,10H2,1-5H3,(H,17,18)/t13-/m0/s1. The molecule has 1 aromatic rings. The van der Waals surface area contributed by atoms with E-state index in [0.29, 0.717) is 5.92 Å². The molecule has 0 saturated heterocycles. The lowest BCUT2D eigenvalue weighted by Crippen LogP contribution is -2.35. The summed E-state index contributed by atoms with van der Waals surface area (Å²) in [7, 11) is 0. The Morgan fingerprint density at radius 3 is 2.58 bits per heavy atom. The zero-order valence-corrected chi connectivity index (χ0v) is 12.6. The van der Waals surface area contributed by atoms with Crippen LogP contribution in [0.5, 0.6) is 5.75 Å². The van der Waals surface area contributed by atoms with Crippen molar-refractivity contribution in [3.05, 3.63) is 29.3 Å². The molecular formula is C16H25NO2. The largest absolute Gasteiger partial charge is 0.483 e. The van der Waals surface area contributed by atoms with E-state index in [0.717, 1.165) is 23.3 Å². The van der Waals surface area contributed by atoms with Gasteiger partial charge in [0.2, 0.25) is 0 Å². The fraction of sp³-hybridized carbons (Fsp3) is 0.562. The van der Waals surface area contributed by atoms with Crippen LogP contribution >= 0.6 is 0 Å². The molecule has 0 aliphatic heterocycles. The lowest BCUT2D eigenvalue weighted by Gasteiger charge is -2.16. The molecule has 0 aliphatic carbocycles. The highest BCUT2D eigenvalue weighted by Gasteiger charge is 2.11. The van der Waals surface area contributed by atoms with E-state index in [-0.39, 0.29) is 18.6 Å². The third kappa shape index (κ3) is 4.93. The van der Waals surface area contributed by atoms with E-state index in [1.54, 1.807) is 0 Å². The van der Waals surface area contributed by atoms with Gasteiger partial charge in [-0.05, 0) is 43.4 Å². The first-order chi connectivity index (χ1) is 8.93. The van der Waals surface area contributed by atoms with Crippen LogP contribution in [0.3, 0.4) is 0 Å². The molecule has 0 spiro atoms. The van der Waals surface area contributed by atoms with Crippen molar-refractivity contribution in [3.8, 4) is 5.75 Å². The van der Waals surface area contributed by atoms with Gasteiger partial charge in [-0.3, -0.25) is 4.79 Å². The lowest BCUT2D eigenvalue weighted by molar-refractivity contribution is -0.123. The molecule has 1 rings (SSSR count). The third-order valence-electron chi connectivity index (χ3n) is 3.17. The van der Waals surface area contributed by atoms with Gasteiger partial charge in [0, 0.05) is 6.04 Å². The highest BCUT2D eigenvalue weighted by molar-refractivity contribution is 5.77. The fourth-order valence-electron chi connectivity index (χ4n) is 1.81.